The first-order chi connectivity index (χ1) is 10.3. The topological polar surface area (TPSA) is 15.3 Å². The highest BCUT2D eigenvalue weighted by atomic mass is 79.9. The van der Waals surface area contributed by atoms with Crippen LogP contribution in [0.5, 0.6) is 0 Å². The molecule has 0 amide bonds. The summed E-state index contributed by atoms with van der Waals surface area (Å²) in [6.45, 7) is 2.25. The standard InChI is InChI=1S/C18H25BrN2/c19-16-11-13(12-20-15-7-8-15)6-9-18(16)21-10-2-4-14-3-1-5-17(14)21/h6,9,11,14-15,17,20H,1-5,7-8,10,12H2. The van der Waals surface area contributed by atoms with Crippen LogP contribution in [0.4, 0.5) is 5.69 Å². The second-order valence-corrected chi connectivity index (χ2v) is 7.89. The lowest BCUT2D eigenvalue weighted by molar-refractivity contribution is 0.362. The first-order valence-corrected chi connectivity index (χ1v) is 9.39. The number of hydrogen-bond acceptors (Lipinski definition) is 2. The van der Waals surface area contributed by atoms with Crippen LogP contribution in [0.2, 0.25) is 0 Å². The molecule has 0 aromatic heterocycles. The first kappa shape index (κ1) is 14.1. The van der Waals surface area contributed by atoms with Gasteiger partial charge in [0.05, 0.1) is 5.69 Å². The normalized spacial score (nSPS) is 28.7. The molecule has 1 aromatic rings. The van der Waals surface area contributed by atoms with E-state index >= 15 is 0 Å². The lowest BCUT2D eigenvalue weighted by Gasteiger charge is -2.40. The van der Waals surface area contributed by atoms with Crippen molar-refractivity contribution in [2.75, 3.05) is 11.4 Å². The van der Waals surface area contributed by atoms with Crippen molar-refractivity contribution >= 4 is 21.6 Å². The summed E-state index contributed by atoms with van der Waals surface area (Å²) >= 11 is 3.83. The largest absolute Gasteiger partial charge is 0.367 e. The van der Waals surface area contributed by atoms with E-state index in [2.05, 4.69) is 44.3 Å². The third kappa shape index (κ3) is 3.00. The van der Waals surface area contributed by atoms with Gasteiger partial charge in [0.15, 0.2) is 0 Å². The fraction of sp³-hybridized carbons (Fsp3) is 0.667. The number of nitrogens with zero attached hydrogens (tertiary/aromatic N) is 1. The molecule has 1 aliphatic heterocycles. The highest BCUT2D eigenvalue weighted by Crippen LogP contribution is 2.41. The summed E-state index contributed by atoms with van der Waals surface area (Å²) < 4.78 is 1.28. The van der Waals surface area contributed by atoms with Crippen molar-refractivity contribution < 1.29 is 0 Å². The Morgan fingerprint density at radius 1 is 1.10 bits per heavy atom. The summed E-state index contributed by atoms with van der Waals surface area (Å²) in [5, 5.41) is 3.60. The van der Waals surface area contributed by atoms with Crippen LogP contribution in [0.3, 0.4) is 0 Å². The van der Waals surface area contributed by atoms with Crippen LogP contribution in [0.15, 0.2) is 22.7 Å². The van der Waals surface area contributed by atoms with Gasteiger partial charge in [-0.2, -0.15) is 0 Å². The van der Waals surface area contributed by atoms with E-state index in [9.17, 15) is 0 Å². The highest BCUT2D eigenvalue weighted by Gasteiger charge is 2.35. The van der Waals surface area contributed by atoms with Crippen molar-refractivity contribution in [2.45, 2.75) is 63.6 Å². The quantitative estimate of drug-likeness (QED) is 0.863. The summed E-state index contributed by atoms with van der Waals surface area (Å²) in [7, 11) is 0. The van der Waals surface area contributed by atoms with Gasteiger partial charge in [0.25, 0.3) is 0 Å². The van der Waals surface area contributed by atoms with Crippen molar-refractivity contribution in [3.05, 3.63) is 28.2 Å². The minimum absolute atomic E-state index is 0.782. The highest BCUT2D eigenvalue weighted by molar-refractivity contribution is 9.10. The van der Waals surface area contributed by atoms with Crippen molar-refractivity contribution in [3.8, 4) is 0 Å². The third-order valence-electron chi connectivity index (χ3n) is 5.49. The molecule has 0 spiro atoms. The minimum atomic E-state index is 0.782. The van der Waals surface area contributed by atoms with Crippen molar-refractivity contribution in [2.24, 2.45) is 5.92 Å². The molecule has 2 atom stereocenters. The Morgan fingerprint density at radius 3 is 2.76 bits per heavy atom. The number of benzene rings is 1. The Labute approximate surface area is 136 Å². The van der Waals surface area contributed by atoms with Gasteiger partial charge in [-0.25, -0.2) is 0 Å². The maximum atomic E-state index is 3.83. The molecule has 2 unspecified atom stereocenters. The third-order valence-corrected chi connectivity index (χ3v) is 6.12. The summed E-state index contributed by atoms with van der Waals surface area (Å²) in [5.74, 6) is 0.946. The number of rotatable bonds is 4. The SMILES string of the molecule is Brc1cc(CNC2CC2)ccc1N1CCCC2CCCC21. The molecule has 1 heterocycles. The molecule has 2 saturated carbocycles. The maximum absolute atomic E-state index is 3.83. The van der Waals surface area contributed by atoms with Gasteiger partial charge < -0.3 is 10.2 Å². The van der Waals surface area contributed by atoms with Gasteiger partial charge in [-0.15, -0.1) is 0 Å². The molecule has 4 rings (SSSR count). The van der Waals surface area contributed by atoms with Crippen molar-refractivity contribution in [3.63, 3.8) is 0 Å². The molecule has 21 heavy (non-hydrogen) atoms. The zero-order valence-electron chi connectivity index (χ0n) is 12.7. The van der Waals surface area contributed by atoms with E-state index in [1.54, 1.807) is 0 Å². The summed E-state index contributed by atoms with van der Waals surface area (Å²) in [4.78, 5) is 2.68. The molecule has 1 saturated heterocycles. The lowest BCUT2D eigenvalue weighted by atomic mass is 9.91. The lowest BCUT2D eigenvalue weighted by Crippen LogP contribution is -2.42. The van der Waals surface area contributed by atoms with Crippen LogP contribution in [-0.2, 0) is 6.54 Å². The monoisotopic (exact) mass is 348 g/mol. The molecular formula is C18H25BrN2. The molecule has 0 bridgehead atoms. The molecular weight excluding hydrogens is 324 g/mol. The average molecular weight is 349 g/mol. The van der Waals surface area contributed by atoms with Crippen LogP contribution in [0, 0.1) is 5.92 Å². The van der Waals surface area contributed by atoms with Crippen molar-refractivity contribution in [1.82, 2.24) is 5.32 Å². The molecule has 2 aliphatic carbocycles. The Bertz CT molecular complexity index is 512. The fourth-order valence-electron chi connectivity index (χ4n) is 4.20. The zero-order chi connectivity index (χ0) is 14.2. The molecule has 1 N–H and O–H groups in total. The van der Waals surface area contributed by atoms with Gasteiger partial charge >= 0.3 is 0 Å². The molecule has 1 aromatic carbocycles. The Hall–Kier alpha value is -0.540. The van der Waals surface area contributed by atoms with Gasteiger partial charge in [0, 0.05) is 29.6 Å². The van der Waals surface area contributed by atoms with Gasteiger partial charge in [-0.3, -0.25) is 0 Å². The van der Waals surface area contributed by atoms with Crippen LogP contribution < -0.4 is 10.2 Å². The van der Waals surface area contributed by atoms with Crippen LogP contribution in [0.25, 0.3) is 0 Å². The van der Waals surface area contributed by atoms with E-state index in [-0.39, 0.29) is 0 Å². The minimum Gasteiger partial charge on any atom is -0.367 e. The number of anilines is 1. The van der Waals surface area contributed by atoms with E-state index < -0.39 is 0 Å². The molecule has 3 heteroatoms. The first-order valence-electron chi connectivity index (χ1n) is 8.60. The fourth-order valence-corrected chi connectivity index (χ4v) is 4.85. The number of nitrogens with one attached hydrogen (secondary N) is 1. The summed E-state index contributed by atoms with van der Waals surface area (Å²) in [6, 6.07) is 8.56. The number of piperidine rings is 1. The number of halogens is 1. The van der Waals surface area contributed by atoms with Gasteiger partial charge in [-0.1, -0.05) is 12.5 Å². The molecule has 3 fully saturated rings. The molecule has 3 aliphatic rings. The summed E-state index contributed by atoms with van der Waals surface area (Å²) in [6.07, 6.45) is 9.78. The van der Waals surface area contributed by atoms with Crippen LogP contribution in [0.1, 0.15) is 50.5 Å². The van der Waals surface area contributed by atoms with E-state index in [0.29, 0.717) is 0 Å². The zero-order valence-corrected chi connectivity index (χ0v) is 14.2. The van der Waals surface area contributed by atoms with Gasteiger partial charge in [0.1, 0.15) is 0 Å². The average Bonchev–Trinajstić information content (AvgIpc) is 3.20. The smallest absolute Gasteiger partial charge is 0.0513 e. The van der Waals surface area contributed by atoms with E-state index in [4.69, 9.17) is 0 Å². The Morgan fingerprint density at radius 2 is 1.95 bits per heavy atom. The second-order valence-electron chi connectivity index (χ2n) is 7.03. The molecule has 114 valence electrons. The second kappa shape index (κ2) is 5.92. The van der Waals surface area contributed by atoms with Gasteiger partial charge in [0.2, 0.25) is 0 Å². The predicted molar refractivity (Wildman–Crippen MR) is 91.7 cm³/mol. The summed E-state index contributed by atoms with van der Waals surface area (Å²) in [5.41, 5.74) is 2.82. The Kier molecular flexibility index (Phi) is 3.97. The van der Waals surface area contributed by atoms with Crippen molar-refractivity contribution in [1.29, 1.82) is 0 Å². The van der Waals surface area contributed by atoms with E-state index in [1.165, 1.54) is 67.2 Å². The Balaban J connectivity index is 1.50. The maximum Gasteiger partial charge on any atom is 0.0513 e. The van der Waals surface area contributed by atoms with E-state index in [0.717, 1.165) is 24.5 Å². The van der Waals surface area contributed by atoms with E-state index in [1.807, 2.05) is 0 Å². The van der Waals surface area contributed by atoms with Gasteiger partial charge in [-0.05, 0) is 78.1 Å². The molecule has 2 nitrogen and oxygen atoms in total. The number of fused-ring (bicyclic) bond motifs is 1. The van der Waals surface area contributed by atoms with Crippen LogP contribution >= 0.6 is 15.9 Å². The predicted octanol–water partition coefficient (Wildman–Crippen LogP) is 4.47. The number of hydrogen-bond donors (Lipinski definition) is 1. The molecule has 0 radical (unpaired) electrons. The van der Waals surface area contributed by atoms with Crippen LogP contribution in [-0.4, -0.2) is 18.6 Å².